The Morgan fingerprint density at radius 2 is 1.44 bits per heavy atom. The summed E-state index contributed by atoms with van der Waals surface area (Å²) in [5.74, 6) is -0.911. The zero-order chi connectivity index (χ0) is 32.6. The Balaban J connectivity index is 1.83. The Bertz CT molecular complexity index is 1710. The fraction of sp³-hybridized carbons (Fsp3) is 0.235. The van der Waals surface area contributed by atoms with Gasteiger partial charge < -0.3 is 10.2 Å². The van der Waals surface area contributed by atoms with E-state index in [4.69, 9.17) is 23.2 Å². The van der Waals surface area contributed by atoms with Crippen molar-refractivity contribution in [1.29, 1.82) is 0 Å². The maximum Gasteiger partial charge on any atom is 0.264 e. The molecule has 0 spiro atoms. The second kappa shape index (κ2) is 15.8. The lowest BCUT2D eigenvalue weighted by molar-refractivity contribution is -0.140. The van der Waals surface area contributed by atoms with Crippen molar-refractivity contribution >= 4 is 66.7 Å². The van der Waals surface area contributed by atoms with Gasteiger partial charge in [-0.15, -0.1) is 0 Å². The van der Waals surface area contributed by atoms with Gasteiger partial charge in [-0.1, -0.05) is 107 Å². The first-order chi connectivity index (χ1) is 21.5. The predicted octanol–water partition coefficient (Wildman–Crippen LogP) is 7.51. The molecule has 7 nitrogen and oxygen atoms in total. The van der Waals surface area contributed by atoms with Gasteiger partial charge in [0.25, 0.3) is 10.0 Å². The Morgan fingerprint density at radius 1 is 0.844 bits per heavy atom. The number of carbonyl (C=O) groups is 2. The standard InChI is InChI=1S/C34H34BrCl2N3O4S/c1-3-24(2)38-34(42)32(18-25-11-6-4-7-12-25)39(22-26-13-10-14-27(35)17-26)33(41)23-40(30-20-28(36)19-29(37)21-30)45(43,44)31-15-8-5-9-16-31/h4-17,19-21,24,32H,3,18,22-23H2,1-2H3,(H,38,42)/t24-,32-/m1/s1. The van der Waals surface area contributed by atoms with E-state index in [0.717, 1.165) is 19.9 Å². The fourth-order valence-electron chi connectivity index (χ4n) is 4.76. The van der Waals surface area contributed by atoms with E-state index in [9.17, 15) is 18.0 Å². The molecule has 0 aromatic heterocycles. The highest BCUT2D eigenvalue weighted by Gasteiger charge is 2.35. The second-order valence-corrected chi connectivity index (χ2v) is 14.3. The minimum Gasteiger partial charge on any atom is -0.352 e. The molecule has 0 heterocycles. The van der Waals surface area contributed by atoms with E-state index < -0.39 is 28.5 Å². The summed E-state index contributed by atoms with van der Waals surface area (Å²) < 4.78 is 30.0. The van der Waals surface area contributed by atoms with E-state index in [1.54, 1.807) is 18.2 Å². The number of anilines is 1. The van der Waals surface area contributed by atoms with Crippen LogP contribution in [0.25, 0.3) is 0 Å². The predicted molar refractivity (Wildman–Crippen MR) is 184 cm³/mol. The number of benzene rings is 4. The van der Waals surface area contributed by atoms with Crippen LogP contribution in [-0.2, 0) is 32.6 Å². The van der Waals surface area contributed by atoms with Crippen LogP contribution in [0.15, 0.2) is 112 Å². The number of nitrogens with zero attached hydrogens (tertiary/aromatic N) is 2. The van der Waals surface area contributed by atoms with Crippen molar-refractivity contribution < 1.29 is 18.0 Å². The average molecular weight is 732 g/mol. The first-order valence-corrected chi connectivity index (χ1v) is 17.4. The topological polar surface area (TPSA) is 86.8 Å². The third kappa shape index (κ3) is 9.33. The van der Waals surface area contributed by atoms with E-state index in [0.29, 0.717) is 6.42 Å². The molecule has 0 saturated carbocycles. The van der Waals surface area contributed by atoms with Gasteiger partial charge in [0.05, 0.1) is 10.6 Å². The van der Waals surface area contributed by atoms with E-state index >= 15 is 0 Å². The van der Waals surface area contributed by atoms with Crippen molar-refractivity contribution in [2.75, 3.05) is 10.8 Å². The summed E-state index contributed by atoms with van der Waals surface area (Å²) >= 11 is 16.1. The van der Waals surface area contributed by atoms with Gasteiger partial charge in [0.1, 0.15) is 12.6 Å². The molecule has 0 aliphatic carbocycles. The van der Waals surface area contributed by atoms with Crippen molar-refractivity contribution in [1.82, 2.24) is 10.2 Å². The van der Waals surface area contributed by atoms with Gasteiger partial charge in [-0.2, -0.15) is 0 Å². The number of hydrogen-bond donors (Lipinski definition) is 1. The maximum atomic E-state index is 14.5. The lowest BCUT2D eigenvalue weighted by Gasteiger charge is -2.34. The normalized spacial score (nSPS) is 12.6. The molecule has 2 amide bonds. The number of hydrogen-bond acceptors (Lipinski definition) is 4. The molecular weight excluding hydrogens is 697 g/mol. The summed E-state index contributed by atoms with van der Waals surface area (Å²) in [5.41, 5.74) is 1.73. The van der Waals surface area contributed by atoms with Crippen molar-refractivity contribution in [3.8, 4) is 0 Å². The fourth-order valence-corrected chi connectivity index (χ4v) is 7.14. The van der Waals surface area contributed by atoms with Crippen LogP contribution in [0.4, 0.5) is 5.69 Å². The summed E-state index contributed by atoms with van der Waals surface area (Å²) in [7, 11) is -4.26. The molecule has 0 saturated heterocycles. The minimum atomic E-state index is -4.26. The molecule has 0 radical (unpaired) electrons. The van der Waals surface area contributed by atoms with Gasteiger partial charge in [0.15, 0.2) is 0 Å². The summed E-state index contributed by atoms with van der Waals surface area (Å²) in [5, 5.41) is 3.44. The molecular formula is C34H34BrCl2N3O4S. The molecule has 0 fully saturated rings. The summed E-state index contributed by atoms with van der Waals surface area (Å²) in [4.78, 5) is 29.9. The maximum absolute atomic E-state index is 14.5. The molecule has 2 atom stereocenters. The smallest absolute Gasteiger partial charge is 0.264 e. The zero-order valence-corrected chi connectivity index (χ0v) is 28.8. The summed E-state index contributed by atoms with van der Waals surface area (Å²) in [6.07, 6.45) is 0.916. The summed E-state index contributed by atoms with van der Waals surface area (Å²) in [6.45, 7) is 3.31. The van der Waals surface area contributed by atoms with Crippen molar-refractivity contribution in [2.45, 2.75) is 50.2 Å². The molecule has 4 rings (SSSR count). The first kappa shape index (κ1) is 34.5. The molecule has 0 aliphatic rings. The average Bonchev–Trinajstić information content (AvgIpc) is 3.01. The van der Waals surface area contributed by atoms with E-state index in [2.05, 4.69) is 21.2 Å². The highest BCUT2D eigenvalue weighted by Crippen LogP contribution is 2.30. The van der Waals surface area contributed by atoms with E-state index in [1.165, 1.54) is 35.2 Å². The summed E-state index contributed by atoms with van der Waals surface area (Å²) in [6, 6.07) is 27.9. The zero-order valence-electron chi connectivity index (χ0n) is 24.9. The highest BCUT2D eigenvalue weighted by molar-refractivity contribution is 9.10. The van der Waals surface area contributed by atoms with Gasteiger partial charge in [0, 0.05) is 33.5 Å². The molecule has 0 unspecified atom stereocenters. The number of sulfonamides is 1. The quantitative estimate of drug-likeness (QED) is 0.154. The Kier molecular flexibility index (Phi) is 12.1. The number of halogens is 3. The second-order valence-electron chi connectivity index (χ2n) is 10.6. The Labute approximate surface area is 283 Å². The van der Waals surface area contributed by atoms with Gasteiger partial charge in [0.2, 0.25) is 11.8 Å². The lowest BCUT2D eigenvalue weighted by atomic mass is 10.0. The van der Waals surface area contributed by atoms with E-state index in [-0.39, 0.29) is 45.5 Å². The largest absolute Gasteiger partial charge is 0.352 e. The molecule has 11 heteroatoms. The molecule has 0 bridgehead atoms. The minimum absolute atomic E-state index is 0.0113. The van der Waals surface area contributed by atoms with Crippen LogP contribution in [0.3, 0.4) is 0 Å². The van der Waals surface area contributed by atoms with Gasteiger partial charge in [-0.05, 0) is 66.9 Å². The van der Waals surface area contributed by atoms with Crippen molar-refractivity contribution in [3.05, 3.63) is 129 Å². The number of nitrogens with one attached hydrogen (secondary N) is 1. The van der Waals surface area contributed by atoms with Crippen LogP contribution in [0.5, 0.6) is 0 Å². The molecule has 1 N–H and O–H groups in total. The van der Waals surface area contributed by atoms with Gasteiger partial charge >= 0.3 is 0 Å². The molecule has 0 aliphatic heterocycles. The SMILES string of the molecule is CC[C@@H](C)NC(=O)[C@@H](Cc1ccccc1)N(Cc1cccc(Br)c1)C(=O)CN(c1cc(Cl)cc(Cl)c1)S(=O)(=O)c1ccccc1. The lowest BCUT2D eigenvalue weighted by Crippen LogP contribution is -2.54. The van der Waals surface area contributed by atoms with Gasteiger partial charge in [-0.25, -0.2) is 8.42 Å². The first-order valence-electron chi connectivity index (χ1n) is 14.4. The van der Waals surface area contributed by atoms with Crippen LogP contribution in [-0.4, -0.2) is 43.8 Å². The highest BCUT2D eigenvalue weighted by atomic mass is 79.9. The Hall–Kier alpha value is -3.37. The van der Waals surface area contributed by atoms with Crippen LogP contribution < -0.4 is 9.62 Å². The van der Waals surface area contributed by atoms with Crippen LogP contribution in [0.1, 0.15) is 31.4 Å². The molecule has 236 valence electrons. The monoisotopic (exact) mass is 729 g/mol. The van der Waals surface area contributed by atoms with Crippen LogP contribution in [0.2, 0.25) is 10.0 Å². The molecule has 45 heavy (non-hydrogen) atoms. The number of amides is 2. The van der Waals surface area contributed by atoms with Gasteiger partial charge in [-0.3, -0.25) is 13.9 Å². The van der Waals surface area contributed by atoms with Crippen LogP contribution >= 0.6 is 39.1 Å². The van der Waals surface area contributed by atoms with Crippen molar-refractivity contribution in [2.24, 2.45) is 0 Å². The third-order valence-electron chi connectivity index (χ3n) is 7.26. The number of carbonyl (C=O) groups excluding carboxylic acids is 2. The number of rotatable bonds is 13. The third-order valence-corrected chi connectivity index (χ3v) is 9.98. The molecule has 4 aromatic rings. The Morgan fingerprint density at radius 3 is 2.04 bits per heavy atom. The van der Waals surface area contributed by atoms with Crippen molar-refractivity contribution in [3.63, 3.8) is 0 Å². The van der Waals surface area contributed by atoms with E-state index in [1.807, 2.05) is 68.4 Å². The molecule has 4 aromatic carbocycles. The van der Waals surface area contributed by atoms with Crippen LogP contribution in [0, 0.1) is 0 Å².